The second kappa shape index (κ2) is 10.7. The zero-order valence-electron chi connectivity index (χ0n) is 14.1. The lowest BCUT2D eigenvalue weighted by atomic mass is 10.2. The maximum atomic E-state index is 12.5. The van der Waals surface area contributed by atoms with E-state index >= 15 is 0 Å². The molecule has 0 spiro atoms. The van der Waals surface area contributed by atoms with Crippen molar-refractivity contribution in [1.82, 2.24) is 20.2 Å². The van der Waals surface area contributed by atoms with Crippen LogP contribution in [-0.4, -0.2) is 59.5 Å². The summed E-state index contributed by atoms with van der Waals surface area (Å²) in [6.45, 7) is 5.52. The van der Waals surface area contributed by atoms with E-state index in [2.05, 4.69) is 15.3 Å². The molecule has 2 amide bonds. The average molecular weight is 322 g/mol. The van der Waals surface area contributed by atoms with Gasteiger partial charge in [-0.25, -0.2) is 4.98 Å². The number of aromatic nitrogens is 2. The van der Waals surface area contributed by atoms with E-state index in [4.69, 9.17) is 4.74 Å². The van der Waals surface area contributed by atoms with Crippen LogP contribution >= 0.6 is 0 Å². The Morgan fingerprint density at radius 3 is 2.78 bits per heavy atom. The Kier molecular flexibility index (Phi) is 8.82. The van der Waals surface area contributed by atoms with Gasteiger partial charge in [0.05, 0.1) is 6.20 Å². The van der Waals surface area contributed by atoms with Crippen LogP contribution in [-0.2, 0) is 9.53 Å². The molecule has 128 valence electrons. The molecule has 1 N–H and O–H groups in total. The molecule has 1 atom stereocenters. The first-order valence-electron chi connectivity index (χ1n) is 7.92. The molecule has 0 saturated carbocycles. The van der Waals surface area contributed by atoms with Crippen molar-refractivity contribution in [2.75, 3.05) is 26.8 Å². The number of hydrogen-bond acceptors (Lipinski definition) is 5. The minimum atomic E-state index is -0.195. The van der Waals surface area contributed by atoms with Gasteiger partial charge >= 0.3 is 0 Å². The molecule has 1 heterocycles. The summed E-state index contributed by atoms with van der Waals surface area (Å²) in [4.78, 5) is 34.0. The van der Waals surface area contributed by atoms with Gasteiger partial charge in [0.15, 0.2) is 0 Å². The lowest BCUT2D eigenvalue weighted by Gasteiger charge is -2.28. The predicted octanol–water partition coefficient (Wildman–Crippen LogP) is 1.26. The Morgan fingerprint density at radius 1 is 1.39 bits per heavy atom. The number of carbonyl (C=O) groups is 2. The Bertz CT molecular complexity index is 481. The van der Waals surface area contributed by atoms with Crippen molar-refractivity contribution in [1.29, 1.82) is 0 Å². The van der Waals surface area contributed by atoms with Crippen LogP contribution in [0.5, 0.6) is 0 Å². The average Bonchev–Trinajstić information content (AvgIpc) is 2.59. The second-order valence-electron chi connectivity index (χ2n) is 5.29. The summed E-state index contributed by atoms with van der Waals surface area (Å²) in [5.41, 5.74) is 0.299. The van der Waals surface area contributed by atoms with E-state index in [-0.39, 0.29) is 24.3 Å². The standard InChI is InChI=1S/C16H26N4O3/c1-4-13(2)20(16(22)14-12-17-8-9-18-14)10-6-15(21)19-7-5-11-23-3/h8-9,12-13H,4-7,10-11H2,1-3H3,(H,19,21). The number of methoxy groups -OCH3 is 1. The molecular weight excluding hydrogens is 296 g/mol. The summed E-state index contributed by atoms with van der Waals surface area (Å²) < 4.78 is 4.93. The second-order valence-corrected chi connectivity index (χ2v) is 5.29. The molecule has 7 nitrogen and oxygen atoms in total. The number of nitrogens with zero attached hydrogens (tertiary/aromatic N) is 3. The maximum absolute atomic E-state index is 12.5. The van der Waals surface area contributed by atoms with Crippen LogP contribution in [0.25, 0.3) is 0 Å². The summed E-state index contributed by atoms with van der Waals surface area (Å²) in [6.07, 6.45) is 6.31. The normalized spacial score (nSPS) is 11.8. The molecule has 0 fully saturated rings. The highest BCUT2D eigenvalue weighted by Crippen LogP contribution is 2.09. The van der Waals surface area contributed by atoms with Gasteiger partial charge in [-0.05, 0) is 19.8 Å². The summed E-state index contributed by atoms with van der Waals surface area (Å²) in [5.74, 6) is -0.263. The van der Waals surface area contributed by atoms with E-state index in [0.29, 0.717) is 25.4 Å². The van der Waals surface area contributed by atoms with Crippen LogP contribution in [0.1, 0.15) is 43.6 Å². The van der Waals surface area contributed by atoms with Gasteiger partial charge in [0, 0.05) is 51.7 Å². The van der Waals surface area contributed by atoms with Gasteiger partial charge in [0.25, 0.3) is 5.91 Å². The number of amides is 2. The van der Waals surface area contributed by atoms with Crippen LogP contribution in [0, 0.1) is 0 Å². The van der Waals surface area contributed by atoms with Crippen LogP contribution in [0.4, 0.5) is 0 Å². The fraction of sp³-hybridized carbons (Fsp3) is 0.625. The summed E-state index contributed by atoms with van der Waals surface area (Å²) >= 11 is 0. The molecule has 1 aromatic rings. The molecule has 0 saturated heterocycles. The van der Waals surface area contributed by atoms with E-state index in [1.54, 1.807) is 12.0 Å². The predicted molar refractivity (Wildman–Crippen MR) is 86.9 cm³/mol. The fourth-order valence-electron chi connectivity index (χ4n) is 2.05. The number of rotatable bonds is 10. The zero-order valence-corrected chi connectivity index (χ0v) is 14.1. The molecule has 0 aromatic carbocycles. The minimum Gasteiger partial charge on any atom is -0.385 e. The van der Waals surface area contributed by atoms with Crippen molar-refractivity contribution in [2.24, 2.45) is 0 Å². The van der Waals surface area contributed by atoms with Crippen molar-refractivity contribution >= 4 is 11.8 Å². The highest BCUT2D eigenvalue weighted by Gasteiger charge is 2.22. The molecule has 7 heteroatoms. The monoisotopic (exact) mass is 322 g/mol. The molecule has 1 unspecified atom stereocenters. The molecule has 23 heavy (non-hydrogen) atoms. The summed E-state index contributed by atoms with van der Waals surface area (Å²) in [6, 6.07) is 0.0331. The van der Waals surface area contributed by atoms with Gasteiger partial charge in [-0.3, -0.25) is 14.6 Å². The van der Waals surface area contributed by atoms with Crippen molar-refractivity contribution < 1.29 is 14.3 Å². The van der Waals surface area contributed by atoms with E-state index < -0.39 is 0 Å². The maximum Gasteiger partial charge on any atom is 0.274 e. The number of carbonyl (C=O) groups excluding carboxylic acids is 2. The lowest BCUT2D eigenvalue weighted by molar-refractivity contribution is -0.121. The van der Waals surface area contributed by atoms with E-state index in [1.807, 2.05) is 13.8 Å². The number of hydrogen-bond donors (Lipinski definition) is 1. The third kappa shape index (κ3) is 6.73. The Morgan fingerprint density at radius 2 is 2.17 bits per heavy atom. The third-order valence-electron chi connectivity index (χ3n) is 3.59. The SMILES string of the molecule is CCC(C)N(CCC(=O)NCCCOC)C(=O)c1cnccn1. The molecule has 0 aliphatic carbocycles. The van der Waals surface area contributed by atoms with Gasteiger partial charge in [0.2, 0.25) is 5.91 Å². The highest BCUT2D eigenvalue weighted by molar-refractivity contribution is 5.92. The topological polar surface area (TPSA) is 84.4 Å². The summed E-state index contributed by atoms with van der Waals surface area (Å²) in [7, 11) is 1.63. The first kappa shape index (κ1) is 19.0. The molecular formula is C16H26N4O3. The van der Waals surface area contributed by atoms with Crippen LogP contribution in [0.2, 0.25) is 0 Å². The van der Waals surface area contributed by atoms with E-state index in [0.717, 1.165) is 12.8 Å². The fourth-order valence-corrected chi connectivity index (χ4v) is 2.05. The Labute approximate surface area is 137 Å². The first-order valence-corrected chi connectivity index (χ1v) is 7.92. The smallest absolute Gasteiger partial charge is 0.274 e. The largest absolute Gasteiger partial charge is 0.385 e. The van der Waals surface area contributed by atoms with Gasteiger partial charge in [0.1, 0.15) is 5.69 Å². The van der Waals surface area contributed by atoms with Gasteiger partial charge in [-0.15, -0.1) is 0 Å². The zero-order chi connectivity index (χ0) is 17.1. The van der Waals surface area contributed by atoms with Crippen molar-refractivity contribution in [2.45, 2.75) is 39.2 Å². The van der Waals surface area contributed by atoms with Gasteiger partial charge in [-0.2, -0.15) is 0 Å². The third-order valence-corrected chi connectivity index (χ3v) is 3.59. The molecule has 0 radical (unpaired) electrons. The van der Waals surface area contributed by atoms with E-state index in [1.165, 1.54) is 18.6 Å². The summed E-state index contributed by atoms with van der Waals surface area (Å²) in [5, 5.41) is 2.82. The lowest BCUT2D eigenvalue weighted by Crippen LogP contribution is -2.41. The Hall–Kier alpha value is -2.02. The van der Waals surface area contributed by atoms with Crippen LogP contribution in [0.3, 0.4) is 0 Å². The highest BCUT2D eigenvalue weighted by atomic mass is 16.5. The van der Waals surface area contributed by atoms with Crippen LogP contribution in [0.15, 0.2) is 18.6 Å². The quantitative estimate of drug-likeness (QED) is 0.656. The number of nitrogens with one attached hydrogen (secondary N) is 1. The number of ether oxygens (including phenoxy) is 1. The minimum absolute atomic E-state index is 0.0331. The molecule has 1 rings (SSSR count). The molecule has 0 aliphatic rings. The van der Waals surface area contributed by atoms with Crippen LogP contribution < -0.4 is 5.32 Å². The molecule has 1 aromatic heterocycles. The first-order chi connectivity index (χ1) is 11.1. The van der Waals surface area contributed by atoms with Crippen molar-refractivity contribution in [3.8, 4) is 0 Å². The van der Waals surface area contributed by atoms with Crippen molar-refractivity contribution in [3.05, 3.63) is 24.3 Å². The van der Waals surface area contributed by atoms with Gasteiger partial charge < -0.3 is 15.0 Å². The molecule has 0 aliphatic heterocycles. The Balaban J connectivity index is 2.55. The van der Waals surface area contributed by atoms with E-state index in [9.17, 15) is 9.59 Å². The van der Waals surface area contributed by atoms with Crippen molar-refractivity contribution in [3.63, 3.8) is 0 Å². The van der Waals surface area contributed by atoms with Gasteiger partial charge in [-0.1, -0.05) is 6.92 Å². The molecule has 0 bridgehead atoms.